The molecule has 0 N–H and O–H groups in total. The van der Waals surface area contributed by atoms with Crippen molar-refractivity contribution in [1.82, 2.24) is 4.90 Å². The molecule has 0 aromatic rings. The van der Waals surface area contributed by atoms with Crippen LogP contribution in [0.15, 0.2) is 0 Å². The van der Waals surface area contributed by atoms with E-state index in [1.54, 1.807) is 0 Å². The van der Waals surface area contributed by atoms with E-state index in [-0.39, 0.29) is 0 Å². The van der Waals surface area contributed by atoms with Crippen molar-refractivity contribution in [2.24, 2.45) is 5.41 Å². The van der Waals surface area contributed by atoms with Crippen molar-refractivity contribution in [3.63, 3.8) is 0 Å². The van der Waals surface area contributed by atoms with Crippen LogP contribution in [0.1, 0.15) is 32.6 Å². The molecule has 2 atom stereocenters. The van der Waals surface area contributed by atoms with Gasteiger partial charge >= 0.3 is 0 Å². The second kappa shape index (κ2) is 4.11. The van der Waals surface area contributed by atoms with Crippen molar-refractivity contribution in [1.29, 1.82) is 5.26 Å². The van der Waals surface area contributed by atoms with Gasteiger partial charge in [0.25, 0.3) is 0 Å². The molecule has 2 aliphatic rings. The molecule has 0 amide bonds. The van der Waals surface area contributed by atoms with Gasteiger partial charge in [-0.3, -0.25) is 0 Å². The zero-order chi connectivity index (χ0) is 10.9. The summed E-state index contributed by atoms with van der Waals surface area (Å²) in [5.41, 5.74) is 0.325. The summed E-state index contributed by atoms with van der Waals surface area (Å²) >= 11 is 0. The lowest BCUT2D eigenvalue weighted by Crippen LogP contribution is -2.40. The Kier molecular flexibility index (Phi) is 2.99. The van der Waals surface area contributed by atoms with Gasteiger partial charge in [0, 0.05) is 25.6 Å². The monoisotopic (exact) mass is 208 g/mol. The standard InChI is InChI=1S/C12H20N2O/c1-10-11(3-8-15-10)14(2)9-12(4-5-12)6-7-13/h10-11H,3-6,8-9H2,1-2H3. The highest BCUT2D eigenvalue weighted by Crippen LogP contribution is 2.49. The summed E-state index contributed by atoms with van der Waals surface area (Å²) in [5, 5.41) is 8.78. The molecule has 1 aliphatic carbocycles. The summed E-state index contributed by atoms with van der Waals surface area (Å²) in [6.07, 6.45) is 4.67. The van der Waals surface area contributed by atoms with Crippen LogP contribution in [0.2, 0.25) is 0 Å². The second-order valence-corrected chi connectivity index (χ2v) is 5.18. The Hall–Kier alpha value is -0.590. The third-order valence-electron chi connectivity index (χ3n) is 3.90. The van der Waals surface area contributed by atoms with Crippen molar-refractivity contribution >= 4 is 0 Å². The van der Waals surface area contributed by atoms with E-state index in [0.29, 0.717) is 17.6 Å². The molecule has 3 heteroatoms. The molecule has 1 aliphatic heterocycles. The second-order valence-electron chi connectivity index (χ2n) is 5.18. The molecule has 2 fully saturated rings. The summed E-state index contributed by atoms with van der Waals surface area (Å²) < 4.78 is 5.57. The Balaban J connectivity index is 1.87. The molecule has 0 radical (unpaired) electrons. The molecule has 0 spiro atoms. The van der Waals surface area contributed by atoms with Gasteiger partial charge in [-0.2, -0.15) is 5.26 Å². The topological polar surface area (TPSA) is 36.3 Å². The van der Waals surface area contributed by atoms with Crippen LogP contribution >= 0.6 is 0 Å². The maximum absolute atomic E-state index is 8.78. The van der Waals surface area contributed by atoms with Crippen LogP contribution in [-0.4, -0.2) is 37.2 Å². The highest BCUT2D eigenvalue weighted by Gasteiger charge is 2.44. The van der Waals surface area contributed by atoms with Gasteiger partial charge in [0.15, 0.2) is 0 Å². The van der Waals surface area contributed by atoms with Gasteiger partial charge in [0.2, 0.25) is 0 Å². The number of hydrogen-bond acceptors (Lipinski definition) is 3. The van der Waals surface area contributed by atoms with E-state index in [1.165, 1.54) is 12.8 Å². The molecule has 0 aromatic carbocycles. The average Bonchev–Trinajstić information content (AvgIpc) is 2.78. The Labute approximate surface area is 92.0 Å². The van der Waals surface area contributed by atoms with Gasteiger partial charge < -0.3 is 9.64 Å². The van der Waals surface area contributed by atoms with Gasteiger partial charge in [0.05, 0.1) is 12.2 Å². The van der Waals surface area contributed by atoms with Gasteiger partial charge in [-0.1, -0.05) is 0 Å². The maximum atomic E-state index is 8.78. The Morgan fingerprint density at radius 2 is 2.27 bits per heavy atom. The van der Waals surface area contributed by atoms with Crippen LogP contribution < -0.4 is 0 Å². The first-order valence-corrected chi connectivity index (χ1v) is 5.86. The number of likely N-dealkylation sites (N-methyl/N-ethyl adjacent to an activating group) is 1. The van der Waals surface area contributed by atoms with Crippen LogP contribution in [0, 0.1) is 16.7 Å². The van der Waals surface area contributed by atoms with Crippen LogP contribution in [-0.2, 0) is 4.74 Å². The molecular weight excluding hydrogens is 188 g/mol. The van der Waals surface area contributed by atoms with Gasteiger partial charge in [0.1, 0.15) is 0 Å². The van der Waals surface area contributed by atoms with Crippen molar-refractivity contribution in [3.05, 3.63) is 0 Å². The number of ether oxygens (including phenoxy) is 1. The molecule has 1 heterocycles. The molecule has 1 saturated heterocycles. The molecule has 0 bridgehead atoms. The molecule has 0 aromatic heterocycles. The quantitative estimate of drug-likeness (QED) is 0.706. The van der Waals surface area contributed by atoms with Crippen LogP contribution in [0.4, 0.5) is 0 Å². The summed E-state index contributed by atoms with van der Waals surface area (Å²) in [4.78, 5) is 2.40. The highest BCUT2D eigenvalue weighted by atomic mass is 16.5. The molecule has 2 unspecified atom stereocenters. The molecular formula is C12H20N2O. The Morgan fingerprint density at radius 1 is 1.53 bits per heavy atom. The normalized spacial score (nSPS) is 32.9. The maximum Gasteiger partial charge on any atom is 0.0702 e. The largest absolute Gasteiger partial charge is 0.377 e. The molecule has 84 valence electrons. The van der Waals surface area contributed by atoms with E-state index in [1.807, 2.05) is 0 Å². The minimum Gasteiger partial charge on any atom is -0.377 e. The van der Waals surface area contributed by atoms with Gasteiger partial charge in [-0.25, -0.2) is 0 Å². The van der Waals surface area contributed by atoms with Crippen molar-refractivity contribution in [3.8, 4) is 6.07 Å². The molecule has 1 saturated carbocycles. The first kappa shape index (κ1) is 10.9. The van der Waals surface area contributed by atoms with E-state index in [4.69, 9.17) is 10.00 Å². The van der Waals surface area contributed by atoms with E-state index in [9.17, 15) is 0 Å². The Morgan fingerprint density at radius 3 is 2.73 bits per heavy atom. The fourth-order valence-corrected chi connectivity index (χ4v) is 2.68. The van der Waals surface area contributed by atoms with Crippen molar-refractivity contribution in [2.45, 2.75) is 44.8 Å². The summed E-state index contributed by atoms with van der Waals surface area (Å²) in [7, 11) is 2.17. The third kappa shape index (κ3) is 2.32. The smallest absolute Gasteiger partial charge is 0.0702 e. The molecule has 2 rings (SSSR count). The molecule has 3 nitrogen and oxygen atoms in total. The van der Waals surface area contributed by atoms with E-state index < -0.39 is 0 Å². The summed E-state index contributed by atoms with van der Waals surface area (Å²) in [6.45, 7) is 4.11. The van der Waals surface area contributed by atoms with E-state index in [0.717, 1.165) is 26.0 Å². The first-order chi connectivity index (χ1) is 7.17. The third-order valence-corrected chi connectivity index (χ3v) is 3.90. The number of hydrogen-bond donors (Lipinski definition) is 0. The minimum absolute atomic E-state index is 0.325. The fourth-order valence-electron chi connectivity index (χ4n) is 2.68. The number of rotatable bonds is 4. The zero-order valence-electron chi connectivity index (χ0n) is 9.70. The lowest BCUT2D eigenvalue weighted by atomic mass is 10.0. The van der Waals surface area contributed by atoms with Gasteiger partial charge in [-0.15, -0.1) is 0 Å². The summed E-state index contributed by atoms with van der Waals surface area (Å²) in [6, 6.07) is 2.88. The predicted octanol–water partition coefficient (Wildman–Crippen LogP) is 1.79. The Bertz CT molecular complexity index is 267. The highest BCUT2D eigenvalue weighted by molar-refractivity contribution is 5.01. The predicted molar refractivity (Wildman–Crippen MR) is 58.3 cm³/mol. The van der Waals surface area contributed by atoms with Crippen molar-refractivity contribution < 1.29 is 4.74 Å². The SMILES string of the molecule is CC1OCCC1N(C)CC1(CC#N)CC1. The molecule has 15 heavy (non-hydrogen) atoms. The average molecular weight is 208 g/mol. The lowest BCUT2D eigenvalue weighted by Gasteiger charge is -2.29. The summed E-state index contributed by atoms with van der Waals surface area (Å²) in [5.74, 6) is 0. The number of nitriles is 1. The van der Waals surface area contributed by atoms with Gasteiger partial charge in [-0.05, 0) is 38.6 Å². The van der Waals surface area contributed by atoms with Crippen LogP contribution in [0.5, 0.6) is 0 Å². The fraction of sp³-hybridized carbons (Fsp3) is 0.917. The van der Waals surface area contributed by atoms with E-state index in [2.05, 4.69) is 24.9 Å². The zero-order valence-corrected chi connectivity index (χ0v) is 9.70. The van der Waals surface area contributed by atoms with E-state index >= 15 is 0 Å². The van der Waals surface area contributed by atoms with Crippen LogP contribution in [0.3, 0.4) is 0 Å². The van der Waals surface area contributed by atoms with Crippen LogP contribution in [0.25, 0.3) is 0 Å². The number of nitrogens with zero attached hydrogens (tertiary/aromatic N) is 2. The minimum atomic E-state index is 0.325. The first-order valence-electron chi connectivity index (χ1n) is 5.86. The van der Waals surface area contributed by atoms with Crippen molar-refractivity contribution in [2.75, 3.05) is 20.2 Å². The lowest BCUT2D eigenvalue weighted by molar-refractivity contribution is 0.0766.